The van der Waals surface area contributed by atoms with Crippen LogP contribution in [-0.2, 0) is 0 Å². The average molecular weight is 229 g/mol. The Hall–Kier alpha value is -1.64. The van der Waals surface area contributed by atoms with E-state index in [2.05, 4.69) is 41.5 Å². The number of benzene rings is 1. The van der Waals surface area contributed by atoms with Crippen molar-refractivity contribution in [3.63, 3.8) is 0 Å². The van der Waals surface area contributed by atoms with Gasteiger partial charge < -0.3 is 5.32 Å². The van der Waals surface area contributed by atoms with E-state index >= 15 is 0 Å². The molecule has 2 aromatic rings. The molecule has 0 unspecified atom stereocenters. The van der Waals surface area contributed by atoms with Crippen molar-refractivity contribution in [1.82, 2.24) is 10.2 Å². The highest BCUT2D eigenvalue weighted by Crippen LogP contribution is 2.19. The normalized spacial score (nSPS) is 11.0. The third-order valence-electron chi connectivity index (χ3n) is 2.82. The largest absolute Gasteiger partial charge is 0.368 e. The second kappa shape index (κ2) is 5.62. The maximum atomic E-state index is 4.16. The molecule has 0 aliphatic heterocycles. The third-order valence-corrected chi connectivity index (χ3v) is 2.82. The van der Waals surface area contributed by atoms with Gasteiger partial charge in [0.25, 0.3) is 0 Å². The predicted molar refractivity (Wildman–Crippen MR) is 72.1 cm³/mol. The molecule has 0 atom stereocenters. The number of anilines is 1. The number of hydrogen-bond acceptors (Lipinski definition) is 3. The van der Waals surface area contributed by atoms with Crippen molar-refractivity contribution >= 4 is 16.6 Å². The number of hydrogen-bond donors (Lipinski definition) is 1. The molecule has 0 radical (unpaired) electrons. The molecule has 0 saturated heterocycles. The van der Waals surface area contributed by atoms with Gasteiger partial charge in [0.2, 0.25) is 0 Å². The summed E-state index contributed by atoms with van der Waals surface area (Å²) in [6.45, 7) is 5.45. The van der Waals surface area contributed by atoms with Crippen molar-refractivity contribution < 1.29 is 0 Å². The van der Waals surface area contributed by atoms with Crippen molar-refractivity contribution in [3.05, 3.63) is 30.5 Å². The van der Waals surface area contributed by atoms with E-state index < -0.39 is 0 Å². The first-order valence-corrected chi connectivity index (χ1v) is 6.21. The van der Waals surface area contributed by atoms with Gasteiger partial charge in [0.05, 0.1) is 6.20 Å². The van der Waals surface area contributed by atoms with Crippen LogP contribution in [0.5, 0.6) is 0 Å². The van der Waals surface area contributed by atoms with Gasteiger partial charge >= 0.3 is 0 Å². The molecule has 0 fully saturated rings. The number of rotatable bonds is 5. The molecule has 1 aromatic carbocycles. The van der Waals surface area contributed by atoms with Crippen molar-refractivity contribution in [2.24, 2.45) is 5.92 Å². The standard InChI is InChI=1S/C14H19N3/c1-11(2)6-5-9-15-14-13-8-4-3-7-12(13)10-16-17-14/h3-4,7-8,10-11H,5-6,9H2,1-2H3,(H,15,17). The molecule has 90 valence electrons. The quantitative estimate of drug-likeness (QED) is 0.798. The fourth-order valence-electron chi connectivity index (χ4n) is 1.88. The lowest BCUT2D eigenvalue weighted by Crippen LogP contribution is -2.05. The van der Waals surface area contributed by atoms with Gasteiger partial charge in [-0.1, -0.05) is 38.1 Å². The summed E-state index contributed by atoms with van der Waals surface area (Å²) in [4.78, 5) is 0. The van der Waals surface area contributed by atoms with Crippen LogP contribution in [-0.4, -0.2) is 16.7 Å². The highest BCUT2D eigenvalue weighted by molar-refractivity contribution is 5.90. The Morgan fingerprint density at radius 1 is 1.24 bits per heavy atom. The summed E-state index contributed by atoms with van der Waals surface area (Å²) in [7, 11) is 0. The Kier molecular flexibility index (Phi) is 3.91. The van der Waals surface area contributed by atoms with E-state index in [9.17, 15) is 0 Å². The molecular weight excluding hydrogens is 210 g/mol. The average Bonchev–Trinajstić information content (AvgIpc) is 2.34. The number of aromatic nitrogens is 2. The van der Waals surface area contributed by atoms with Crippen molar-refractivity contribution in [2.75, 3.05) is 11.9 Å². The summed E-state index contributed by atoms with van der Waals surface area (Å²) < 4.78 is 0. The first kappa shape index (κ1) is 11.8. The smallest absolute Gasteiger partial charge is 0.156 e. The van der Waals surface area contributed by atoms with Crippen LogP contribution in [0.4, 0.5) is 5.82 Å². The van der Waals surface area contributed by atoms with E-state index in [1.807, 2.05) is 12.1 Å². The molecular formula is C14H19N3. The summed E-state index contributed by atoms with van der Waals surface area (Å²) >= 11 is 0. The Balaban J connectivity index is 2.03. The van der Waals surface area contributed by atoms with Gasteiger partial charge in [-0.2, -0.15) is 5.10 Å². The van der Waals surface area contributed by atoms with Gasteiger partial charge in [0, 0.05) is 17.3 Å². The SMILES string of the molecule is CC(C)CCCNc1nncc2ccccc12. The monoisotopic (exact) mass is 229 g/mol. The van der Waals surface area contributed by atoms with E-state index in [4.69, 9.17) is 0 Å². The topological polar surface area (TPSA) is 37.8 Å². The molecule has 0 spiro atoms. The summed E-state index contributed by atoms with van der Waals surface area (Å²) in [6.07, 6.45) is 4.21. The van der Waals surface area contributed by atoms with Crippen LogP contribution in [0.25, 0.3) is 10.8 Å². The molecule has 0 aliphatic carbocycles. The molecule has 1 heterocycles. The maximum absolute atomic E-state index is 4.16. The first-order chi connectivity index (χ1) is 8.27. The Morgan fingerprint density at radius 3 is 2.88 bits per heavy atom. The highest BCUT2D eigenvalue weighted by atomic mass is 15.2. The van der Waals surface area contributed by atoms with Crippen molar-refractivity contribution in [1.29, 1.82) is 0 Å². The van der Waals surface area contributed by atoms with Gasteiger partial charge in [0.15, 0.2) is 5.82 Å². The van der Waals surface area contributed by atoms with Gasteiger partial charge in [-0.25, -0.2) is 0 Å². The Morgan fingerprint density at radius 2 is 2.06 bits per heavy atom. The van der Waals surface area contributed by atoms with E-state index in [0.717, 1.165) is 29.1 Å². The zero-order chi connectivity index (χ0) is 12.1. The summed E-state index contributed by atoms with van der Waals surface area (Å²) in [5, 5.41) is 13.8. The summed E-state index contributed by atoms with van der Waals surface area (Å²) in [5.74, 6) is 1.65. The van der Waals surface area contributed by atoms with E-state index in [1.165, 1.54) is 12.8 Å². The summed E-state index contributed by atoms with van der Waals surface area (Å²) in [5.41, 5.74) is 0. The minimum atomic E-state index is 0.760. The number of nitrogens with one attached hydrogen (secondary N) is 1. The lowest BCUT2D eigenvalue weighted by Gasteiger charge is -2.08. The minimum Gasteiger partial charge on any atom is -0.368 e. The Bertz CT molecular complexity index is 474. The molecule has 1 aromatic heterocycles. The number of nitrogens with zero attached hydrogens (tertiary/aromatic N) is 2. The van der Waals surface area contributed by atoms with E-state index in [1.54, 1.807) is 6.20 Å². The van der Waals surface area contributed by atoms with Crippen LogP contribution in [0.3, 0.4) is 0 Å². The molecule has 2 rings (SSSR count). The van der Waals surface area contributed by atoms with Gasteiger partial charge in [0.1, 0.15) is 0 Å². The van der Waals surface area contributed by atoms with Crippen LogP contribution in [0, 0.1) is 5.92 Å². The van der Waals surface area contributed by atoms with Crippen molar-refractivity contribution in [3.8, 4) is 0 Å². The van der Waals surface area contributed by atoms with Crippen LogP contribution >= 0.6 is 0 Å². The second-order valence-corrected chi connectivity index (χ2v) is 4.74. The third kappa shape index (κ3) is 3.16. The molecule has 0 saturated carbocycles. The van der Waals surface area contributed by atoms with Crippen molar-refractivity contribution in [2.45, 2.75) is 26.7 Å². The predicted octanol–water partition coefficient (Wildman–Crippen LogP) is 3.48. The molecule has 0 amide bonds. The lowest BCUT2D eigenvalue weighted by atomic mass is 10.1. The van der Waals surface area contributed by atoms with Gasteiger partial charge in [-0.15, -0.1) is 5.10 Å². The van der Waals surface area contributed by atoms with Gasteiger partial charge in [-0.05, 0) is 18.8 Å². The second-order valence-electron chi connectivity index (χ2n) is 4.74. The molecule has 3 heteroatoms. The number of fused-ring (bicyclic) bond motifs is 1. The first-order valence-electron chi connectivity index (χ1n) is 6.21. The van der Waals surface area contributed by atoms with Crippen LogP contribution in [0.2, 0.25) is 0 Å². The van der Waals surface area contributed by atoms with Gasteiger partial charge in [-0.3, -0.25) is 0 Å². The van der Waals surface area contributed by atoms with Crippen LogP contribution in [0.1, 0.15) is 26.7 Å². The molecule has 0 bridgehead atoms. The molecule has 3 nitrogen and oxygen atoms in total. The van der Waals surface area contributed by atoms with Crippen LogP contribution < -0.4 is 5.32 Å². The highest BCUT2D eigenvalue weighted by Gasteiger charge is 2.01. The molecule has 1 N–H and O–H groups in total. The fraction of sp³-hybridized carbons (Fsp3) is 0.429. The fourth-order valence-corrected chi connectivity index (χ4v) is 1.88. The van der Waals surface area contributed by atoms with Crippen LogP contribution in [0.15, 0.2) is 30.5 Å². The molecule has 0 aliphatic rings. The summed E-state index contributed by atoms with van der Waals surface area (Å²) in [6, 6.07) is 8.19. The zero-order valence-electron chi connectivity index (χ0n) is 10.5. The minimum absolute atomic E-state index is 0.760. The van der Waals surface area contributed by atoms with E-state index in [0.29, 0.717) is 0 Å². The molecule has 17 heavy (non-hydrogen) atoms. The van der Waals surface area contributed by atoms with E-state index in [-0.39, 0.29) is 0 Å². The Labute approximate surface area is 102 Å². The zero-order valence-corrected chi connectivity index (χ0v) is 10.5. The lowest BCUT2D eigenvalue weighted by molar-refractivity contribution is 0.566. The maximum Gasteiger partial charge on any atom is 0.156 e.